The second-order valence-corrected chi connectivity index (χ2v) is 5.48. The second kappa shape index (κ2) is 7.14. The molecule has 0 saturated carbocycles. The summed E-state index contributed by atoms with van der Waals surface area (Å²) in [6.45, 7) is 1.85. The topological polar surface area (TPSA) is 54.2 Å². The highest BCUT2D eigenvalue weighted by molar-refractivity contribution is 9.10. The molecular formula is C15H19BrN4. The monoisotopic (exact) mass is 334 g/mol. The van der Waals surface area contributed by atoms with Crippen molar-refractivity contribution in [3.05, 3.63) is 47.2 Å². The Morgan fingerprint density at radius 1 is 1.25 bits per heavy atom. The van der Waals surface area contributed by atoms with Crippen molar-refractivity contribution in [3.63, 3.8) is 0 Å². The molecule has 3 N–H and O–H groups in total. The van der Waals surface area contributed by atoms with Crippen molar-refractivity contribution < 1.29 is 0 Å². The molecule has 0 fully saturated rings. The fraction of sp³-hybridized carbons (Fsp3) is 0.267. The molecule has 0 aliphatic carbocycles. The summed E-state index contributed by atoms with van der Waals surface area (Å²) in [6.07, 6.45) is 4.43. The van der Waals surface area contributed by atoms with Gasteiger partial charge in [-0.1, -0.05) is 18.2 Å². The fourth-order valence-corrected chi connectivity index (χ4v) is 2.47. The quantitative estimate of drug-likeness (QED) is 0.795. The van der Waals surface area contributed by atoms with Gasteiger partial charge in [-0.25, -0.2) is 0 Å². The molecule has 20 heavy (non-hydrogen) atoms. The van der Waals surface area contributed by atoms with E-state index in [2.05, 4.69) is 62.4 Å². The second-order valence-electron chi connectivity index (χ2n) is 4.62. The first-order chi connectivity index (χ1) is 9.68. The van der Waals surface area contributed by atoms with Gasteiger partial charge in [-0.3, -0.25) is 4.98 Å². The molecule has 0 aliphatic rings. The summed E-state index contributed by atoms with van der Waals surface area (Å²) in [5.41, 5.74) is 8.70. The number of halogens is 1. The molecule has 0 saturated heterocycles. The Balaban J connectivity index is 1.80. The van der Waals surface area contributed by atoms with Crippen molar-refractivity contribution in [2.24, 2.45) is 0 Å². The minimum atomic E-state index is 0.663. The summed E-state index contributed by atoms with van der Waals surface area (Å²) in [5, 5.41) is 3.35. The van der Waals surface area contributed by atoms with Crippen LogP contribution in [0.25, 0.3) is 0 Å². The van der Waals surface area contributed by atoms with E-state index < -0.39 is 0 Å². The summed E-state index contributed by atoms with van der Waals surface area (Å²) >= 11 is 3.45. The number of hydrogen-bond acceptors (Lipinski definition) is 4. The Morgan fingerprint density at radius 2 is 2.00 bits per heavy atom. The smallest absolute Gasteiger partial charge is 0.0750 e. The van der Waals surface area contributed by atoms with Crippen LogP contribution >= 0.6 is 15.9 Å². The number of nitrogens with zero attached hydrogens (tertiary/aromatic N) is 2. The van der Waals surface area contributed by atoms with Gasteiger partial charge in [0.05, 0.1) is 22.0 Å². The largest absolute Gasteiger partial charge is 0.396 e. The van der Waals surface area contributed by atoms with Crippen LogP contribution in [0, 0.1) is 0 Å². The molecule has 4 nitrogen and oxygen atoms in total. The molecule has 0 unspecified atom stereocenters. The van der Waals surface area contributed by atoms with Gasteiger partial charge in [0.1, 0.15) is 0 Å². The van der Waals surface area contributed by atoms with Gasteiger partial charge >= 0.3 is 0 Å². The van der Waals surface area contributed by atoms with Crippen LogP contribution in [0.4, 0.5) is 17.1 Å². The third-order valence-electron chi connectivity index (χ3n) is 3.10. The Bertz CT molecular complexity index is 525. The van der Waals surface area contributed by atoms with Crippen LogP contribution in [0.3, 0.4) is 0 Å². The maximum atomic E-state index is 5.89. The number of pyridine rings is 1. The number of anilines is 3. The van der Waals surface area contributed by atoms with E-state index in [9.17, 15) is 0 Å². The maximum absolute atomic E-state index is 5.89. The van der Waals surface area contributed by atoms with E-state index in [1.807, 2.05) is 6.07 Å². The fourth-order valence-electron chi connectivity index (χ4n) is 1.98. The highest BCUT2D eigenvalue weighted by atomic mass is 79.9. The third-order valence-corrected chi connectivity index (χ3v) is 3.70. The average Bonchev–Trinajstić information content (AvgIpc) is 2.46. The number of nitrogens with one attached hydrogen (secondary N) is 1. The van der Waals surface area contributed by atoms with Crippen LogP contribution in [0.1, 0.15) is 6.42 Å². The summed E-state index contributed by atoms with van der Waals surface area (Å²) in [6, 6.07) is 10.4. The number of para-hydroxylation sites is 1. The SMILES string of the molecule is CN(CCCNc1c(N)cncc1Br)c1ccccc1. The van der Waals surface area contributed by atoms with Gasteiger partial charge in [-0.2, -0.15) is 0 Å². The van der Waals surface area contributed by atoms with E-state index in [-0.39, 0.29) is 0 Å². The Hall–Kier alpha value is -1.75. The highest BCUT2D eigenvalue weighted by Gasteiger charge is 2.04. The van der Waals surface area contributed by atoms with Crippen molar-refractivity contribution in [2.75, 3.05) is 36.1 Å². The van der Waals surface area contributed by atoms with E-state index in [0.717, 1.165) is 29.7 Å². The van der Waals surface area contributed by atoms with E-state index in [1.54, 1.807) is 12.4 Å². The number of hydrogen-bond donors (Lipinski definition) is 2. The van der Waals surface area contributed by atoms with Gasteiger partial charge in [0.2, 0.25) is 0 Å². The van der Waals surface area contributed by atoms with E-state index in [1.165, 1.54) is 5.69 Å². The first-order valence-corrected chi connectivity index (χ1v) is 7.37. The molecule has 0 aliphatic heterocycles. The molecule has 2 rings (SSSR count). The molecule has 1 heterocycles. The van der Waals surface area contributed by atoms with Crippen molar-refractivity contribution >= 4 is 33.0 Å². The molecule has 1 aromatic heterocycles. The lowest BCUT2D eigenvalue weighted by molar-refractivity contribution is 0.816. The Labute approximate surface area is 128 Å². The lowest BCUT2D eigenvalue weighted by atomic mass is 10.3. The first-order valence-electron chi connectivity index (χ1n) is 6.57. The molecular weight excluding hydrogens is 316 g/mol. The van der Waals surface area contributed by atoms with Crippen molar-refractivity contribution in [2.45, 2.75) is 6.42 Å². The van der Waals surface area contributed by atoms with Crippen molar-refractivity contribution in [1.29, 1.82) is 0 Å². The molecule has 0 amide bonds. The highest BCUT2D eigenvalue weighted by Crippen LogP contribution is 2.26. The lowest BCUT2D eigenvalue weighted by Crippen LogP contribution is -2.20. The zero-order valence-electron chi connectivity index (χ0n) is 11.5. The van der Waals surface area contributed by atoms with Crippen LogP contribution in [-0.4, -0.2) is 25.1 Å². The van der Waals surface area contributed by atoms with Crippen LogP contribution in [0.15, 0.2) is 47.2 Å². The van der Waals surface area contributed by atoms with Gasteiger partial charge in [-0.15, -0.1) is 0 Å². The summed E-state index contributed by atoms with van der Waals surface area (Å²) in [7, 11) is 2.10. The van der Waals surface area contributed by atoms with Gasteiger partial charge in [0.15, 0.2) is 0 Å². The Kier molecular flexibility index (Phi) is 5.24. The van der Waals surface area contributed by atoms with Crippen LogP contribution in [0.5, 0.6) is 0 Å². The normalized spacial score (nSPS) is 10.3. The number of nitrogens with two attached hydrogens (primary N) is 1. The minimum Gasteiger partial charge on any atom is -0.396 e. The van der Waals surface area contributed by atoms with Gasteiger partial charge in [-0.05, 0) is 34.5 Å². The Morgan fingerprint density at radius 3 is 2.70 bits per heavy atom. The van der Waals surface area contributed by atoms with Crippen LogP contribution < -0.4 is 16.0 Å². The predicted octanol–water partition coefficient (Wildman–Crippen LogP) is 3.36. The number of benzene rings is 1. The lowest BCUT2D eigenvalue weighted by Gasteiger charge is -2.19. The maximum Gasteiger partial charge on any atom is 0.0750 e. The average molecular weight is 335 g/mol. The van der Waals surface area contributed by atoms with Gasteiger partial charge in [0, 0.05) is 32.0 Å². The molecule has 0 bridgehead atoms. The molecule has 0 atom stereocenters. The summed E-state index contributed by atoms with van der Waals surface area (Å²) in [5.74, 6) is 0. The zero-order chi connectivity index (χ0) is 14.4. The van der Waals surface area contributed by atoms with Crippen molar-refractivity contribution in [1.82, 2.24) is 4.98 Å². The van der Waals surface area contributed by atoms with Crippen molar-refractivity contribution in [3.8, 4) is 0 Å². The van der Waals surface area contributed by atoms with E-state index in [0.29, 0.717) is 5.69 Å². The zero-order valence-corrected chi connectivity index (χ0v) is 13.1. The van der Waals surface area contributed by atoms with Crippen LogP contribution in [-0.2, 0) is 0 Å². The summed E-state index contributed by atoms with van der Waals surface area (Å²) < 4.78 is 0.897. The molecule has 1 aromatic carbocycles. The van der Waals surface area contributed by atoms with Crippen LogP contribution in [0.2, 0.25) is 0 Å². The van der Waals surface area contributed by atoms with Gasteiger partial charge < -0.3 is 16.0 Å². The molecule has 2 aromatic rings. The summed E-state index contributed by atoms with van der Waals surface area (Å²) in [4.78, 5) is 6.26. The van der Waals surface area contributed by atoms with Gasteiger partial charge in [0.25, 0.3) is 0 Å². The number of rotatable bonds is 6. The molecule has 5 heteroatoms. The standard InChI is InChI=1S/C15H19BrN4/c1-20(12-6-3-2-4-7-12)9-5-8-19-15-13(16)10-18-11-14(15)17/h2-4,6-7,10-11H,5,8-9,17H2,1H3,(H,18,19). The molecule has 0 radical (unpaired) electrons. The number of aromatic nitrogens is 1. The predicted molar refractivity (Wildman–Crippen MR) is 89.2 cm³/mol. The first kappa shape index (κ1) is 14.7. The molecule has 106 valence electrons. The third kappa shape index (κ3) is 3.87. The van der Waals surface area contributed by atoms with E-state index >= 15 is 0 Å². The van der Waals surface area contributed by atoms with E-state index in [4.69, 9.17) is 5.73 Å². The molecule has 0 spiro atoms. The number of nitrogen functional groups attached to an aromatic ring is 1. The minimum absolute atomic E-state index is 0.663.